The van der Waals surface area contributed by atoms with Gasteiger partial charge in [-0.05, 0) is 35.9 Å². The number of nitrogens with one attached hydrogen (secondary N) is 1. The number of ether oxygens (including phenoxy) is 3. The molecule has 2 rings (SSSR count). The van der Waals surface area contributed by atoms with Crippen LogP contribution in [-0.2, 0) is 4.74 Å². The molecule has 7 nitrogen and oxygen atoms in total. The van der Waals surface area contributed by atoms with Crippen LogP contribution in [0.5, 0.6) is 11.5 Å². The van der Waals surface area contributed by atoms with Crippen molar-refractivity contribution >= 4 is 29.9 Å². The quantitative estimate of drug-likeness (QED) is 0.382. The molecule has 2 aromatic rings. The molecule has 0 saturated heterocycles. The first kappa shape index (κ1) is 18.3. The number of methoxy groups -OCH3 is 2. The van der Waals surface area contributed by atoms with Crippen LogP contribution < -0.4 is 14.9 Å². The van der Waals surface area contributed by atoms with Crippen LogP contribution in [-0.4, -0.2) is 32.5 Å². The number of rotatable bonds is 5. The van der Waals surface area contributed by atoms with Gasteiger partial charge in [-0.1, -0.05) is 23.7 Å². The van der Waals surface area contributed by atoms with Gasteiger partial charge in [0.25, 0.3) is 0 Å². The zero-order valence-electron chi connectivity index (χ0n) is 13.5. The van der Waals surface area contributed by atoms with Gasteiger partial charge in [0.1, 0.15) is 0 Å². The smallest absolute Gasteiger partial charge is 0.427 e. The fourth-order valence-corrected chi connectivity index (χ4v) is 2.05. The number of nitrogens with zero attached hydrogens (tertiary/aromatic N) is 1. The van der Waals surface area contributed by atoms with E-state index >= 15 is 0 Å². The van der Waals surface area contributed by atoms with E-state index in [4.69, 9.17) is 21.1 Å². The topological polar surface area (TPSA) is 86.2 Å². The zero-order valence-corrected chi connectivity index (χ0v) is 14.2. The second-order valence-electron chi connectivity index (χ2n) is 4.64. The third kappa shape index (κ3) is 4.95. The number of carbonyl (C=O) groups excluding carboxylic acids is 2. The van der Waals surface area contributed by atoms with E-state index in [9.17, 15) is 9.59 Å². The fourth-order valence-electron chi connectivity index (χ4n) is 1.84. The minimum atomic E-state index is -0.687. The van der Waals surface area contributed by atoms with Crippen molar-refractivity contribution in [3.63, 3.8) is 0 Å². The number of hydrogen-bond donors (Lipinski definition) is 1. The molecule has 0 aliphatic heterocycles. The van der Waals surface area contributed by atoms with Crippen molar-refractivity contribution in [2.24, 2.45) is 5.10 Å². The molecule has 0 atom stereocenters. The standard InChI is InChI=1S/C17H15ClN2O5/c1-23-15-9-11(10-19-20-17(22)24-2)7-8-14(15)25-16(21)12-5-3-4-6-13(12)18/h3-10H,1-2H3,(H,20,22)/b19-10+. The Morgan fingerprint density at radius 3 is 2.56 bits per heavy atom. The van der Waals surface area contributed by atoms with Crippen LogP contribution in [0.2, 0.25) is 5.02 Å². The Hall–Kier alpha value is -3.06. The lowest BCUT2D eigenvalue weighted by molar-refractivity contribution is 0.0730. The second kappa shape index (κ2) is 8.70. The summed E-state index contributed by atoms with van der Waals surface area (Å²) in [6.45, 7) is 0. The lowest BCUT2D eigenvalue weighted by Crippen LogP contribution is -2.16. The fraction of sp³-hybridized carbons (Fsp3) is 0.118. The van der Waals surface area contributed by atoms with E-state index in [-0.39, 0.29) is 11.3 Å². The van der Waals surface area contributed by atoms with Crippen molar-refractivity contribution in [1.82, 2.24) is 5.43 Å². The number of benzene rings is 2. The van der Waals surface area contributed by atoms with Crippen molar-refractivity contribution in [3.8, 4) is 11.5 Å². The maximum atomic E-state index is 12.2. The molecule has 0 unspecified atom stereocenters. The van der Waals surface area contributed by atoms with E-state index in [1.54, 1.807) is 42.5 Å². The van der Waals surface area contributed by atoms with Crippen molar-refractivity contribution in [2.45, 2.75) is 0 Å². The van der Waals surface area contributed by atoms with Gasteiger partial charge in [-0.3, -0.25) is 0 Å². The molecule has 0 aliphatic rings. The number of hydrogen-bond acceptors (Lipinski definition) is 6. The van der Waals surface area contributed by atoms with Crippen LogP contribution in [0, 0.1) is 0 Å². The zero-order chi connectivity index (χ0) is 18.2. The van der Waals surface area contributed by atoms with Crippen LogP contribution in [0.25, 0.3) is 0 Å². The Labute approximate surface area is 149 Å². The van der Waals surface area contributed by atoms with Gasteiger partial charge in [-0.15, -0.1) is 0 Å². The number of amides is 1. The van der Waals surface area contributed by atoms with E-state index in [1.807, 2.05) is 0 Å². The summed E-state index contributed by atoms with van der Waals surface area (Å²) in [5, 5.41) is 4.00. The SMILES string of the molecule is COC(=O)N/N=C/c1ccc(OC(=O)c2ccccc2Cl)c(OC)c1. The second-order valence-corrected chi connectivity index (χ2v) is 5.05. The van der Waals surface area contributed by atoms with Gasteiger partial charge in [0.05, 0.1) is 31.0 Å². The molecule has 8 heteroatoms. The lowest BCUT2D eigenvalue weighted by Gasteiger charge is -2.10. The van der Waals surface area contributed by atoms with Crippen molar-refractivity contribution < 1.29 is 23.8 Å². The summed E-state index contributed by atoms with van der Waals surface area (Å²) in [7, 11) is 2.67. The highest BCUT2D eigenvalue weighted by Crippen LogP contribution is 2.29. The first-order chi connectivity index (χ1) is 12.0. The van der Waals surface area contributed by atoms with Gasteiger partial charge in [0.2, 0.25) is 0 Å². The molecule has 25 heavy (non-hydrogen) atoms. The number of hydrazone groups is 1. The Morgan fingerprint density at radius 2 is 1.88 bits per heavy atom. The summed E-state index contributed by atoms with van der Waals surface area (Å²) in [6.07, 6.45) is 0.701. The van der Waals surface area contributed by atoms with Gasteiger partial charge in [-0.25, -0.2) is 15.0 Å². The Bertz CT molecular complexity index is 807. The average molecular weight is 363 g/mol. The summed E-state index contributed by atoms with van der Waals surface area (Å²) in [6, 6.07) is 11.4. The highest BCUT2D eigenvalue weighted by Gasteiger charge is 2.15. The molecule has 2 aromatic carbocycles. The monoisotopic (exact) mass is 362 g/mol. The minimum Gasteiger partial charge on any atom is -0.493 e. The maximum absolute atomic E-state index is 12.2. The molecular weight excluding hydrogens is 348 g/mol. The predicted molar refractivity (Wildman–Crippen MR) is 92.5 cm³/mol. The molecule has 0 aliphatic carbocycles. The number of carbonyl (C=O) groups is 2. The molecule has 0 heterocycles. The third-order valence-electron chi connectivity index (χ3n) is 3.04. The first-order valence-corrected chi connectivity index (χ1v) is 7.44. The molecule has 0 aromatic heterocycles. The van der Waals surface area contributed by atoms with Crippen LogP contribution in [0.3, 0.4) is 0 Å². The normalized spacial score (nSPS) is 10.4. The molecule has 130 valence electrons. The molecule has 0 fully saturated rings. The van der Waals surface area contributed by atoms with Crippen LogP contribution >= 0.6 is 11.6 Å². The molecular formula is C17H15ClN2O5. The molecule has 1 amide bonds. The summed E-state index contributed by atoms with van der Waals surface area (Å²) < 4.78 is 14.9. The van der Waals surface area contributed by atoms with Crippen molar-refractivity contribution in [2.75, 3.05) is 14.2 Å². The number of halogens is 1. The molecule has 0 spiro atoms. The Kier molecular flexibility index (Phi) is 6.36. The van der Waals surface area contributed by atoms with Gasteiger partial charge in [-0.2, -0.15) is 5.10 Å². The van der Waals surface area contributed by atoms with Crippen molar-refractivity contribution in [1.29, 1.82) is 0 Å². The Balaban J connectivity index is 2.15. The molecule has 1 N–H and O–H groups in total. The van der Waals surface area contributed by atoms with E-state index in [0.717, 1.165) is 0 Å². The van der Waals surface area contributed by atoms with E-state index in [0.29, 0.717) is 16.3 Å². The molecule has 0 saturated carbocycles. The first-order valence-electron chi connectivity index (χ1n) is 7.07. The van der Waals surface area contributed by atoms with Crippen molar-refractivity contribution in [3.05, 3.63) is 58.6 Å². The largest absolute Gasteiger partial charge is 0.493 e. The van der Waals surface area contributed by atoms with Gasteiger partial charge in [0, 0.05) is 0 Å². The summed E-state index contributed by atoms with van der Waals surface area (Å²) in [5.74, 6) is -0.0504. The van der Waals surface area contributed by atoms with Gasteiger partial charge in [0.15, 0.2) is 11.5 Å². The van der Waals surface area contributed by atoms with Gasteiger partial charge >= 0.3 is 12.1 Å². The van der Waals surface area contributed by atoms with E-state index in [1.165, 1.54) is 20.4 Å². The van der Waals surface area contributed by atoms with Crippen LogP contribution in [0.1, 0.15) is 15.9 Å². The molecule has 0 bridgehead atoms. The average Bonchev–Trinajstić information content (AvgIpc) is 2.62. The van der Waals surface area contributed by atoms with E-state index in [2.05, 4.69) is 15.3 Å². The number of esters is 1. The van der Waals surface area contributed by atoms with Gasteiger partial charge < -0.3 is 14.2 Å². The highest BCUT2D eigenvalue weighted by molar-refractivity contribution is 6.33. The van der Waals surface area contributed by atoms with E-state index < -0.39 is 12.1 Å². The summed E-state index contributed by atoms with van der Waals surface area (Å²) >= 11 is 5.98. The maximum Gasteiger partial charge on any atom is 0.427 e. The van der Waals surface area contributed by atoms with Crippen LogP contribution in [0.15, 0.2) is 47.6 Å². The Morgan fingerprint density at radius 1 is 1.12 bits per heavy atom. The predicted octanol–water partition coefficient (Wildman–Crippen LogP) is 3.26. The summed E-state index contributed by atoms with van der Waals surface area (Å²) in [5.41, 5.74) is 3.03. The highest BCUT2D eigenvalue weighted by atomic mass is 35.5. The third-order valence-corrected chi connectivity index (χ3v) is 3.37. The summed E-state index contributed by atoms with van der Waals surface area (Å²) in [4.78, 5) is 23.1. The molecule has 0 radical (unpaired) electrons. The lowest BCUT2D eigenvalue weighted by atomic mass is 10.2. The minimum absolute atomic E-state index is 0.227. The van der Waals surface area contributed by atoms with Crippen LogP contribution in [0.4, 0.5) is 4.79 Å².